The van der Waals surface area contributed by atoms with Crippen molar-refractivity contribution in [2.75, 3.05) is 6.61 Å². The number of aryl methyl sites for hydroxylation is 1. The van der Waals surface area contributed by atoms with E-state index in [1.807, 2.05) is 31.2 Å². The Labute approximate surface area is 157 Å². The summed E-state index contributed by atoms with van der Waals surface area (Å²) in [4.78, 5) is 19.8. The van der Waals surface area contributed by atoms with E-state index in [0.717, 1.165) is 23.4 Å². The van der Waals surface area contributed by atoms with Crippen molar-refractivity contribution < 1.29 is 32.0 Å². The first kappa shape index (κ1) is 19.3. The number of pyridine rings is 1. The van der Waals surface area contributed by atoms with Gasteiger partial charge >= 0.3 is 12.1 Å². The quantitative estimate of drug-likeness (QED) is 0.590. The van der Waals surface area contributed by atoms with Crippen LogP contribution in [-0.4, -0.2) is 33.9 Å². The molecule has 2 heterocycles. The number of benzene rings is 1. The van der Waals surface area contributed by atoms with Gasteiger partial charge in [-0.15, -0.1) is 0 Å². The molecule has 1 aromatic carbocycles. The highest BCUT2D eigenvalue weighted by Crippen LogP contribution is 2.20. The number of alkyl halides is 3. The van der Waals surface area contributed by atoms with Crippen molar-refractivity contribution in [3.63, 3.8) is 0 Å². The first-order valence-corrected chi connectivity index (χ1v) is 8.03. The Morgan fingerprint density at radius 3 is 2.64 bits per heavy atom. The van der Waals surface area contributed by atoms with Gasteiger partial charge in [0.25, 0.3) is 5.89 Å². The van der Waals surface area contributed by atoms with Crippen molar-refractivity contribution in [2.24, 2.45) is 0 Å². The van der Waals surface area contributed by atoms with Gasteiger partial charge in [-0.3, -0.25) is 0 Å². The molecule has 0 saturated carbocycles. The SMILES string of the molecule is Cc1ccccc1-c1noc(COC(=O)c2ccc(OCC(F)(F)F)nc2)n1. The number of nitrogens with zero attached hydrogens (tertiary/aromatic N) is 3. The van der Waals surface area contributed by atoms with E-state index < -0.39 is 18.8 Å². The molecule has 0 aliphatic heterocycles. The minimum Gasteiger partial charge on any atom is -0.468 e. The van der Waals surface area contributed by atoms with Gasteiger partial charge in [-0.1, -0.05) is 29.4 Å². The molecule has 0 unspecified atom stereocenters. The smallest absolute Gasteiger partial charge is 0.422 e. The topological polar surface area (TPSA) is 87.3 Å². The van der Waals surface area contributed by atoms with Crippen molar-refractivity contribution in [3.05, 3.63) is 59.6 Å². The molecule has 0 aliphatic carbocycles. The van der Waals surface area contributed by atoms with Crippen LogP contribution in [0.3, 0.4) is 0 Å². The Kier molecular flexibility index (Phi) is 5.57. The monoisotopic (exact) mass is 393 g/mol. The summed E-state index contributed by atoms with van der Waals surface area (Å²) in [5, 5.41) is 3.85. The van der Waals surface area contributed by atoms with Crippen LogP contribution in [0.15, 0.2) is 47.1 Å². The summed E-state index contributed by atoms with van der Waals surface area (Å²) < 4.78 is 50.9. The Bertz CT molecular complexity index is 955. The number of carbonyl (C=O) groups excluding carboxylic acids is 1. The van der Waals surface area contributed by atoms with Crippen LogP contribution in [0.2, 0.25) is 0 Å². The summed E-state index contributed by atoms with van der Waals surface area (Å²) in [5.74, 6) is -0.527. The van der Waals surface area contributed by atoms with Crippen molar-refractivity contribution in [1.29, 1.82) is 0 Å². The predicted molar refractivity (Wildman–Crippen MR) is 89.4 cm³/mol. The van der Waals surface area contributed by atoms with Gasteiger partial charge in [0.1, 0.15) is 0 Å². The van der Waals surface area contributed by atoms with E-state index in [2.05, 4.69) is 19.9 Å². The zero-order valence-electron chi connectivity index (χ0n) is 14.6. The Morgan fingerprint density at radius 1 is 1.18 bits per heavy atom. The third-order valence-corrected chi connectivity index (χ3v) is 3.54. The van der Waals surface area contributed by atoms with Gasteiger partial charge in [0, 0.05) is 17.8 Å². The molecule has 0 saturated heterocycles. The molecule has 0 radical (unpaired) electrons. The highest BCUT2D eigenvalue weighted by atomic mass is 19.4. The van der Waals surface area contributed by atoms with E-state index in [0.29, 0.717) is 5.82 Å². The molecule has 146 valence electrons. The van der Waals surface area contributed by atoms with E-state index in [9.17, 15) is 18.0 Å². The van der Waals surface area contributed by atoms with Crippen LogP contribution in [0.4, 0.5) is 13.2 Å². The van der Waals surface area contributed by atoms with Crippen LogP contribution in [0, 0.1) is 6.92 Å². The zero-order chi connectivity index (χ0) is 20.1. The maximum Gasteiger partial charge on any atom is 0.422 e. The lowest BCUT2D eigenvalue weighted by atomic mass is 10.1. The summed E-state index contributed by atoms with van der Waals surface area (Å²) in [6, 6.07) is 9.85. The lowest BCUT2D eigenvalue weighted by molar-refractivity contribution is -0.154. The normalized spacial score (nSPS) is 11.3. The second kappa shape index (κ2) is 8.07. The van der Waals surface area contributed by atoms with E-state index in [1.54, 1.807) is 0 Å². The fourth-order valence-corrected chi connectivity index (χ4v) is 2.20. The van der Waals surface area contributed by atoms with E-state index in [-0.39, 0.29) is 23.9 Å². The maximum absolute atomic E-state index is 12.1. The molecular weight excluding hydrogens is 379 g/mol. The molecule has 0 aliphatic rings. The summed E-state index contributed by atoms with van der Waals surface area (Å²) in [6.07, 6.45) is -3.42. The molecule has 7 nitrogen and oxygen atoms in total. The van der Waals surface area contributed by atoms with Gasteiger partial charge in [-0.2, -0.15) is 18.2 Å². The Morgan fingerprint density at radius 2 is 1.96 bits per heavy atom. The second-order valence-corrected chi connectivity index (χ2v) is 5.69. The highest BCUT2D eigenvalue weighted by molar-refractivity contribution is 5.89. The fraction of sp³-hybridized carbons (Fsp3) is 0.222. The summed E-state index contributed by atoms with van der Waals surface area (Å²) in [6.45, 7) is 0.175. The van der Waals surface area contributed by atoms with E-state index in [4.69, 9.17) is 9.26 Å². The van der Waals surface area contributed by atoms with Crippen LogP contribution < -0.4 is 4.74 Å². The Hall–Kier alpha value is -3.43. The molecular formula is C18H14F3N3O4. The number of ether oxygens (including phenoxy) is 2. The number of rotatable bonds is 6. The minimum absolute atomic E-state index is 0.0398. The third kappa shape index (κ3) is 5.06. The van der Waals surface area contributed by atoms with E-state index >= 15 is 0 Å². The fourth-order valence-electron chi connectivity index (χ4n) is 2.20. The Balaban J connectivity index is 1.56. The number of hydrogen-bond acceptors (Lipinski definition) is 7. The molecule has 3 aromatic rings. The van der Waals surface area contributed by atoms with Gasteiger partial charge in [-0.05, 0) is 18.6 Å². The standard InChI is InChI=1S/C18H14F3N3O4/c1-11-4-2-3-5-13(11)16-23-15(28-24-16)9-26-17(25)12-6-7-14(22-8-12)27-10-18(19,20)21/h2-8H,9-10H2,1H3. The van der Waals surface area contributed by atoms with Crippen LogP contribution in [0.1, 0.15) is 21.8 Å². The molecule has 2 aromatic heterocycles. The molecule has 0 fully saturated rings. The average Bonchev–Trinajstić information content (AvgIpc) is 3.13. The van der Waals surface area contributed by atoms with Gasteiger partial charge in [0.05, 0.1) is 5.56 Å². The molecule has 10 heteroatoms. The van der Waals surface area contributed by atoms with Crippen molar-refractivity contribution in [2.45, 2.75) is 19.7 Å². The van der Waals surface area contributed by atoms with Crippen LogP contribution >= 0.6 is 0 Å². The van der Waals surface area contributed by atoms with E-state index in [1.165, 1.54) is 6.07 Å². The van der Waals surface area contributed by atoms with Crippen LogP contribution in [-0.2, 0) is 11.3 Å². The number of hydrogen-bond donors (Lipinski definition) is 0. The number of esters is 1. The number of aromatic nitrogens is 3. The molecule has 0 spiro atoms. The molecule has 3 rings (SSSR count). The van der Waals surface area contributed by atoms with Crippen molar-refractivity contribution in [3.8, 4) is 17.3 Å². The first-order valence-electron chi connectivity index (χ1n) is 8.03. The van der Waals surface area contributed by atoms with Gasteiger partial charge < -0.3 is 14.0 Å². The highest BCUT2D eigenvalue weighted by Gasteiger charge is 2.28. The summed E-state index contributed by atoms with van der Waals surface area (Å²) in [7, 11) is 0. The maximum atomic E-state index is 12.1. The molecule has 0 N–H and O–H groups in total. The molecule has 0 atom stereocenters. The molecule has 28 heavy (non-hydrogen) atoms. The summed E-state index contributed by atoms with van der Waals surface area (Å²) >= 11 is 0. The molecule has 0 amide bonds. The first-order chi connectivity index (χ1) is 13.3. The van der Waals surface area contributed by atoms with Gasteiger partial charge in [-0.25, -0.2) is 9.78 Å². The minimum atomic E-state index is -4.47. The average molecular weight is 393 g/mol. The number of halogens is 3. The van der Waals surface area contributed by atoms with Gasteiger partial charge in [0.2, 0.25) is 11.7 Å². The van der Waals surface area contributed by atoms with Crippen LogP contribution in [0.5, 0.6) is 5.88 Å². The van der Waals surface area contributed by atoms with Crippen molar-refractivity contribution in [1.82, 2.24) is 15.1 Å². The van der Waals surface area contributed by atoms with Crippen molar-refractivity contribution >= 4 is 5.97 Å². The van der Waals surface area contributed by atoms with Gasteiger partial charge in [0.15, 0.2) is 13.2 Å². The lowest BCUT2D eigenvalue weighted by Gasteiger charge is -2.08. The molecule has 0 bridgehead atoms. The predicted octanol–water partition coefficient (Wildman–Crippen LogP) is 3.74. The van der Waals surface area contributed by atoms with Crippen LogP contribution in [0.25, 0.3) is 11.4 Å². The zero-order valence-corrected chi connectivity index (χ0v) is 14.6. The second-order valence-electron chi connectivity index (χ2n) is 5.69. The number of carbonyl (C=O) groups is 1. The summed E-state index contributed by atoms with van der Waals surface area (Å²) in [5.41, 5.74) is 1.80. The lowest BCUT2D eigenvalue weighted by Crippen LogP contribution is -2.19. The largest absolute Gasteiger partial charge is 0.468 e. The third-order valence-electron chi connectivity index (χ3n) is 3.54.